The fraction of sp³-hybridized carbons (Fsp3) is 0.407. The van der Waals surface area contributed by atoms with E-state index in [2.05, 4.69) is 10.6 Å². The van der Waals surface area contributed by atoms with Crippen molar-refractivity contribution in [2.75, 3.05) is 20.8 Å². The van der Waals surface area contributed by atoms with Crippen LogP contribution in [0, 0.1) is 0 Å². The van der Waals surface area contributed by atoms with Crippen LogP contribution in [0.3, 0.4) is 0 Å². The van der Waals surface area contributed by atoms with E-state index in [1.807, 2.05) is 60.3 Å². The van der Waals surface area contributed by atoms with Crippen LogP contribution in [0.5, 0.6) is 11.5 Å². The molecule has 8 heteroatoms. The average Bonchev–Trinajstić information content (AvgIpc) is 3.12. The first-order valence-corrected chi connectivity index (χ1v) is 11.6. The molecule has 0 saturated heterocycles. The van der Waals surface area contributed by atoms with Gasteiger partial charge in [0, 0.05) is 37.1 Å². The second kappa shape index (κ2) is 11.2. The van der Waals surface area contributed by atoms with E-state index in [0.717, 1.165) is 22.0 Å². The number of hydrogen-bond donors (Lipinski definition) is 2. The molecular weight excluding hydrogens is 446 g/mol. The van der Waals surface area contributed by atoms with E-state index in [0.29, 0.717) is 30.9 Å². The summed E-state index contributed by atoms with van der Waals surface area (Å²) in [5.74, 6) is 1.01. The zero-order chi connectivity index (χ0) is 25.6. The lowest BCUT2D eigenvalue weighted by molar-refractivity contribution is -0.123. The maximum absolute atomic E-state index is 13.2. The number of methoxy groups -OCH3 is 2. The first-order chi connectivity index (χ1) is 16.6. The minimum atomic E-state index is -0.791. The van der Waals surface area contributed by atoms with Crippen molar-refractivity contribution in [3.63, 3.8) is 0 Å². The van der Waals surface area contributed by atoms with Crippen molar-refractivity contribution in [2.45, 2.75) is 45.3 Å². The Morgan fingerprint density at radius 2 is 1.74 bits per heavy atom. The number of nitrogens with one attached hydrogen (secondary N) is 2. The van der Waals surface area contributed by atoms with Gasteiger partial charge in [-0.15, -0.1) is 0 Å². The monoisotopic (exact) mass is 481 g/mol. The van der Waals surface area contributed by atoms with E-state index in [1.54, 1.807) is 35.0 Å². The highest BCUT2D eigenvalue weighted by Crippen LogP contribution is 2.27. The van der Waals surface area contributed by atoms with Crippen LogP contribution in [0.25, 0.3) is 10.9 Å². The van der Waals surface area contributed by atoms with E-state index < -0.39 is 17.7 Å². The topological polar surface area (TPSA) is 90.8 Å². The summed E-state index contributed by atoms with van der Waals surface area (Å²) in [6.07, 6.45) is 2.30. The first kappa shape index (κ1) is 25.9. The van der Waals surface area contributed by atoms with Crippen LogP contribution in [-0.2, 0) is 29.4 Å². The third-order valence-electron chi connectivity index (χ3n) is 5.57. The van der Waals surface area contributed by atoms with Crippen LogP contribution < -0.4 is 20.1 Å². The van der Waals surface area contributed by atoms with Crippen molar-refractivity contribution in [1.29, 1.82) is 0 Å². The molecule has 2 amide bonds. The van der Waals surface area contributed by atoms with E-state index in [9.17, 15) is 9.59 Å². The molecule has 0 aliphatic carbocycles. The van der Waals surface area contributed by atoms with Crippen LogP contribution in [0.4, 0.5) is 4.79 Å². The average molecular weight is 482 g/mol. The Bertz CT molecular complexity index is 1180. The molecule has 1 unspecified atom stereocenters. The SMILES string of the molecule is COc1ccc(CCNC(=O)C(Cc2cn(C)c3ccccc23)NC(=O)OC(C)(C)C)cc1OC. The van der Waals surface area contributed by atoms with Gasteiger partial charge in [-0.3, -0.25) is 4.79 Å². The number of aryl methyl sites for hydroxylation is 1. The molecule has 2 aromatic carbocycles. The summed E-state index contributed by atoms with van der Waals surface area (Å²) < 4.78 is 18.1. The van der Waals surface area contributed by atoms with E-state index in [1.165, 1.54) is 0 Å². The van der Waals surface area contributed by atoms with Gasteiger partial charge < -0.3 is 29.4 Å². The zero-order valence-electron chi connectivity index (χ0n) is 21.3. The number of benzene rings is 2. The van der Waals surface area contributed by atoms with Gasteiger partial charge in [0.15, 0.2) is 11.5 Å². The number of carbonyl (C=O) groups is 2. The normalized spacial score (nSPS) is 12.2. The molecule has 35 heavy (non-hydrogen) atoms. The van der Waals surface area contributed by atoms with Crippen LogP contribution in [0.2, 0.25) is 0 Å². The number of ether oxygens (including phenoxy) is 3. The molecule has 3 aromatic rings. The van der Waals surface area contributed by atoms with Gasteiger partial charge in [-0.25, -0.2) is 4.79 Å². The van der Waals surface area contributed by atoms with Gasteiger partial charge in [0.25, 0.3) is 0 Å². The molecule has 0 radical (unpaired) electrons. The smallest absolute Gasteiger partial charge is 0.408 e. The summed E-state index contributed by atoms with van der Waals surface area (Å²) in [6, 6.07) is 12.8. The molecule has 0 aliphatic heterocycles. The highest BCUT2D eigenvalue weighted by atomic mass is 16.6. The third kappa shape index (κ3) is 6.91. The van der Waals surface area contributed by atoms with Crippen molar-refractivity contribution in [1.82, 2.24) is 15.2 Å². The van der Waals surface area contributed by atoms with Gasteiger partial charge in [-0.05, 0) is 56.5 Å². The van der Waals surface area contributed by atoms with Gasteiger partial charge in [0.2, 0.25) is 5.91 Å². The standard InChI is InChI=1S/C27H35N3O5/c1-27(2,3)35-26(32)29-21(16-19-17-30(4)22-10-8-7-9-20(19)22)25(31)28-14-13-18-11-12-23(33-5)24(15-18)34-6/h7-12,15,17,21H,13-14,16H2,1-6H3,(H,28,31)(H,29,32). The van der Waals surface area contributed by atoms with Gasteiger partial charge in [-0.2, -0.15) is 0 Å². The van der Waals surface area contributed by atoms with Gasteiger partial charge in [0.1, 0.15) is 11.6 Å². The number of alkyl carbamates (subject to hydrolysis) is 1. The highest BCUT2D eigenvalue weighted by molar-refractivity contribution is 5.88. The maximum atomic E-state index is 13.2. The number of carbonyl (C=O) groups excluding carboxylic acids is 2. The largest absolute Gasteiger partial charge is 0.493 e. The number of aromatic nitrogens is 1. The van der Waals surface area contributed by atoms with Crippen molar-refractivity contribution < 1.29 is 23.8 Å². The zero-order valence-corrected chi connectivity index (χ0v) is 21.3. The second-order valence-corrected chi connectivity index (χ2v) is 9.42. The Morgan fingerprint density at radius 3 is 2.43 bits per heavy atom. The molecule has 1 atom stereocenters. The Morgan fingerprint density at radius 1 is 1.03 bits per heavy atom. The van der Waals surface area contributed by atoms with Crippen molar-refractivity contribution in [3.8, 4) is 11.5 Å². The predicted molar refractivity (Wildman–Crippen MR) is 136 cm³/mol. The van der Waals surface area contributed by atoms with Gasteiger partial charge in [0.05, 0.1) is 14.2 Å². The molecule has 3 rings (SSSR count). The highest BCUT2D eigenvalue weighted by Gasteiger charge is 2.25. The Hall–Kier alpha value is -3.68. The lowest BCUT2D eigenvalue weighted by Crippen LogP contribution is -2.49. The lowest BCUT2D eigenvalue weighted by Gasteiger charge is -2.23. The molecule has 0 fully saturated rings. The van der Waals surface area contributed by atoms with Gasteiger partial charge >= 0.3 is 6.09 Å². The molecule has 1 heterocycles. The van der Waals surface area contributed by atoms with Gasteiger partial charge in [-0.1, -0.05) is 24.3 Å². The molecular formula is C27H35N3O5. The minimum Gasteiger partial charge on any atom is -0.493 e. The number of amides is 2. The number of rotatable bonds is 9. The summed E-state index contributed by atoms with van der Waals surface area (Å²) >= 11 is 0. The van der Waals surface area contributed by atoms with Crippen LogP contribution >= 0.6 is 0 Å². The Balaban J connectivity index is 1.72. The number of hydrogen-bond acceptors (Lipinski definition) is 5. The third-order valence-corrected chi connectivity index (χ3v) is 5.57. The molecule has 0 aliphatic rings. The maximum Gasteiger partial charge on any atom is 0.408 e. The van der Waals surface area contributed by atoms with Crippen LogP contribution in [-0.4, -0.2) is 49.0 Å². The molecule has 1 aromatic heterocycles. The number of fused-ring (bicyclic) bond motifs is 1. The second-order valence-electron chi connectivity index (χ2n) is 9.42. The summed E-state index contributed by atoms with van der Waals surface area (Å²) in [6.45, 7) is 5.76. The quantitative estimate of drug-likeness (QED) is 0.482. The van der Waals surface area contributed by atoms with Crippen LogP contribution in [0.1, 0.15) is 31.9 Å². The van der Waals surface area contributed by atoms with E-state index in [-0.39, 0.29) is 5.91 Å². The number of para-hydroxylation sites is 1. The fourth-order valence-corrected chi connectivity index (χ4v) is 3.96. The summed E-state index contributed by atoms with van der Waals surface area (Å²) in [5.41, 5.74) is 2.36. The minimum absolute atomic E-state index is 0.274. The number of nitrogens with zero attached hydrogens (tertiary/aromatic N) is 1. The van der Waals surface area contributed by atoms with Crippen molar-refractivity contribution >= 4 is 22.9 Å². The Kier molecular flexibility index (Phi) is 8.27. The van der Waals surface area contributed by atoms with Crippen molar-refractivity contribution in [3.05, 3.63) is 59.8 Å². The molecule has 8 nitrogen and oxygen atoms in total. The molecule has 0 bridgehead atoms. The predicted octanol–water partition coefficient (Wildman–Crippen LogP) is 3.99. The lowest BCUT2D eigenvalue weighted by atomic mass is 10.0. The van der Waals surface area contributed by atoms with E-state index in [4.69, 9.17) is 14.2 Å². The molecule has 0 spiro atoms. The summed E-state index contributed by atoms with van der Waals surface area (Å²) in [7, 11) is 5.14. The van der Waals surface area contributed by atoms with E-state index >= 15 is 0 Å². The fourth-order valence-electron chi connectivity index (χ4n) is 3.96. The Labute approximate surface area is 206 Å². The summed E-state index contributed by atoms with van der Waals surface area (Å²) in [5, 5.41) is 6.76. The first-order valence-electron chi connectivity index (χ1n) is 11.6. The van der Waals surface area contributed by atoms with Crippen molar-refractivity contribution in [2.24, 2.45) is 7.05 Å². The summed E-state index contributed by atoms with van der Waals surface area (Å²) in [4.78, 5) is 25.7. The molecule has 188 valence electrons. The molecule has 0 saturated carbocycles. The van der Waals surface area contributed by atoms with Crippen LogP contribution in [0.15, 0.2) is 48.7 Å². The molecule has 2 N–H and O–H groups in total.